The normalized spacial score (nSPS) is 50.6. The molecule has 3 unspecified atom stereocenters. The highest BCUT2D eigenvalue weighted by Crippen LogP contribution is 2.52. The molecule has 2 rings (SSSR count). The van der Waals surface area contributed by atoms with Crippen LogP contribution in [0.25, 0.3) is 0 Å². The number of halogens is 1. The van der Waals surface area contributed by atoms with Gasteiger partial charge in [0.15, 0.2) is 0 Å². The Kier molecular flexibility index (Phi) is 1.45. The fraction of sp³-hybridized carbons (Fsp3) is 0.778. The van der Waals surface area contributed by atoms with Gasteiger partial charge < -0.3 is 0 Å². The quantitative estimate of drug-likeness (QED) is 0.452. The molecular weight excluding hydrogens is 188 g/mol. The smallest absolute Gasteiger partial charge is 0.00911 e. The average Bonchev–Trinajstić information content (AvgIpc) is 2.46. The molecule has 0 nitrogen and oxygen atoms in total. The lowest BCUT2D eigenvalue weighted by atomic mass is 9.80. The van der Waals surface area contributed by atoms with Crippen LogP contribution >= 0.6 is 15.9 Å². The Morgan fingerprint density at radius 2 is 2.40 bits per heavy atom. The van der Waals surface area contributed by atoms with Gasteiger partial charge in [-0.25, -0.2) is 0 Å². The predicted octanol–water partition coefficient (Wildman–Crippen LogP) is 2.98. The zero-order valence-electron chi connectivity index (χ0n) is 6.31. The average molecular weight is 201 g/mol. The molecule has 0 aliphatic heterocycles. The molecule has 10 heavy (non-hydrogen) atoms. The van der Waals surface area contributed by atoms with E-state index < -0.39 is 0 Å². The third kappa shape index (κ3) is 0.795. The van der Waals surface area contributed by atoms with Gasteiger partial charge in [-0.15, -0.1) is 0 Å². The third-order valence-corrected chi connectivity index (χ3v) is 4.38. The number of rotatable bonds is 1. The summed E-state index contributed by atoms with van der Waals surface area (Å²) >= 11 is 3.60. The van der Waals surface area contributed by atoms with E-state index in [9.17, 15) is 0 Å². The van der Waals surface area contributed by atoms with Crippen LogP contribution in [0.1, 0.15) is 19.8 Å². The summed E-state index contributed by atoms with van der Waals surface area (Å²) in [5.41, 5.74) is 0.583. The van der Waals surface area contributed by atoms with E-state index in [1.807, 2.05) is 0 Å². The largest absolute Gasteiger partial charge is 0.0922 e. The van der Waals surface area contributed by atoms with Crippen LogP contribution in [0, 0.1) is 17.3 Å². The summed E-state index contributed by atoms with van der Waals surface area (Å²) in [6, 6.07) is 0. The summed E-state index contributed by atoms with van der Waals surface area (Å²) < 4.78 is 0. The SMILES string of the molecule is CC1(CBr)CC2C=CC1C2. The van der Waals surface area contributed by atoms with Crippen molar-refractivity contribution in [3.05, 3.63) is 12.2 Å². The van der Waals surface area contributed by atoms with Gasteiger partial charge in [-0.2, -0.15) is 0 Å². The molecule has 0 spiro atoms. The van der Waals surface area contributed by atoms with Crippen molar-refractivity contribution in [2.75, 3.05) is 5.33 Å². The van der Waals surface area contributed by atoms with E-state index in [2.05, 4.69) is 35.0 Å². The van der Waals surface area contributed by atoms with Crippen LogP contribution in [0.4, 0.5) is 0 Å². The molecule has 1 heteroatoms. The van der Waals surface area contributed by atoms with Crippen LogP contribution in [0.2, 0.25) is 0 Å². The molecule has 1 saturated carbocycles. The van der Waals surface area contributed by atoms with Gasteiger partial charge in [-0.3, -0.25) is 0 Å². The Morgan fingerprint density at radius 1 is 1.60 bits per heavy atom. The number of hydrogen-bond donors (Lipinski definition) is 0. The molecule has 0 N–H and O–H groups in total. The topological polar surface area (TPSA) is 0 Å². The molecule has 0 amide bonds. The summed E-state index contributed by atoms with van der Waals surface area (Å²) in [5.74, 6) is 1.78. The van der Waals surface area contributed by atoms with Gasteiger partial charge in [0, 0.05) is 5.33 Å². The Labute approximate surface area is 70.8 Å². The van der Waals surface area contributed by atoms with Crippen molar-refractivity contribution in [2.45, 2.75) is 19.8 Å². The maximum absolute atomic E-state index is 3.60. The van der Waals surface area contributed by atoms with Gasteiger partial charge in [-0.05, 0) is 30.1 Å². The van der Waals surface area contributed by atoms with Crippen molar-refractivity contribution < 1.29 is 0 Å². The minimum absolute atomic E-state index is 0.583. The third-order valence-electron chi connectivity index (χ3n) is 3.10. The fourth-order valence-electron chi connectivity index (χ4n) is 2.35. The Morgan fingerprint density at radius 3 is 2.70 bits per heavy atom. The first-order valence-corrected chi connectivity index (χ1v) is 5.11. The molecule has 0 saturated heterocycles. The number of fused-ring (bicyclic) bond motifs is 2. The van der Waals surface area contributed by atoms with E-state index >= 15 is 0 Å². The Hall–Kier alpha value is 0.220. The summed E-state index contributed by atoms with van der Waals surface area (Å²) in [7, 11) is 0. The second kappa shape index (κ2) is 2.10. The molecule has 2 aliphatic carbocycles. The molecular formula is C9H13Br. The van der Waals surface area contributed by atoms with Gasteiger partial charge in [0.25, 0.3) is 0 Å². The number of alkyl halides is 1. The molecule has 2 aliphatic rings. The maximum atomic E-state index is 3.60. The molecule has 0 aromatic carbocycles. The maximum Gasteiger partial charge on any atom is 0.00911 e. The second-order valence-electron chi connectivity index (χ2n) is 3.98. The Balaban J connectivity index is 2.22. The standard InChI is InChI=1S/C9H13Br/c1-9(6-10)5-7-2-3-8(9)4-7/h2-3,7-8H,4-6H2,1H3. The molecule has 0 radical (unpaired) electrons. The summed E-state index contributed by atoms with van der Waals surface area (Å²) in [5, 5.41) is 1.17. The first kappa shape index (κ1) is 6.90. The summed E-state index contributed by atoms with van der Waals surface area (Å²) in [4.78, 5) is 0. The van der Waals surface area contributed by atoms with E-state index in [0.29, 0.717) is 5.41 Å². The highest BCUT2D eigenvalue weighted by atomic mass is 79.9. The van der Waals surface area contributed by atoms with Crippen LogP contribution < -0.4 is 0 Å². The van der Waals surface area contributed by atoms with E-state index in [4.69, 9.17) is 0 Å². The molecule has 0 heterocycles. The first-order chi connectivity index (χ1) is 4.74. The first-order valence-electron chi connectivity index (χ1n) is 3.99. The molecule has 0 aromatic heterocycles. The minimum Gasteiger partial charge on any atom is -0.0922 e. The van der Waals surface area contributed by atoms with Crippen molar-refractivity contribution in [3.8, 4) is 0 Å². The van der Waals surface area contributed by atoms with Crippen molar-refractivity contribution in [1.29, 1.82) is 0 Å². The van der Waals surface area contributed by atoms with Crippen LogP contribution in [0.15, 0.2) is 12.2 Å². The van der Waals surface area contributed by atoms with Crippen molar-refractivity contribution in [3.63, 3.8) is 0 Å². The lowest BCUT2D eigenvalue weighted by Crippen LogP contribution is -2.23. The fourth-order valence-corrected chi connectivity index (χ4v) is 2.99. The number of hydrogen-bond acceptors (Lipinski definition) is 0. The molecule has 3 atom stereocenters. The predicted molar refractivity (Wildman–Crippen MR) is 47.3 cm³/mol. The number of allylic oxidation sites excluding steroid dienone is 2. The van der Waals surface area contributed by atoms with Crippen LogP contribution in [-0.4, -0.2) is 5.33 Å². The lowest BCUT2D eigenvalue weighted by Gasteiger charge is -2.28. The van der Waals surface area contributed by atoms with Crippen molar-refractivity contribution >= 4 is 15.9 Å². The van der Waals surface area contributed by atoms with Gasteiger partial charge in [0.05, 0.1) is 0 Å². The zero-order chi connectivity index (χ0) is 7.19. The molecule has 1 fully saturated rings. The van der Waals surface area contributed by atoms with Gasteiger partial charge in [0.1, 0.15) is 0 Å². The Bertz CT molecular complexity index is 174. The van der Waals surface area contributed by atoms with E-state index in [-0.39, 0.29) is 0 Å². The van der Waals surface area contributed by atoms with Gasteiger partial charge in [0.2, 0.25) is 0 Å². The highest BCUT2D eigenvalue weighted by Gasteiger charge is 2.43. The second-order valence-corrected chi connectivity index (χ2v) is 4.54. The summed E-state index contributed by atoms with van der Waals surface area (Å²) in [6.45, 7) is 2.40. The van der Waals surface area contributed by atoms with Crippen molar-refractivity contribution in [1.82, 2.24) is 0 Å². The van der Waals surface area contributed by atoms with E-state index in [1.54, 1.807) is 0 Å². The monoisotopic (exact) mass is 200 g/mol. The van der Waals surface area contributed by atoms with E-state index in [0.717, 1.165) is 11.8 Å². The lowest BCUT2D eigenvalue weighted by molar-refractivity contribution is 0.310. The minimum atomic E-state index is 0.583. The van der Waals surface area contributed by atoms with Crippen LogP contribution in [0.5, 0.6) is 0 Å². The zero-order valence-corrected chi connectivity index (χ0v) is 7.89. The van der Waals surface area contributed by atoms with E-state index in [1.165, 1.54) is 18.2 Å². The van der Waals surface area contributed by atoms with Crippen LogP contribution in [0.3, 0.4) is 0 Å². The molecule has 2 bridgehead atoms. The summed E-state index contributed by atoms with van der Waals surface area (Å²) in [6.07, 6.45) is 7.63. The van der Waals surface area contributed by atoms with Gasteiger partial charge in [-0.1, -0.05) is 35.0 Å². The van der Waals surface area contributed by atoms with Gasteiger partial charge >= 0.3 is 0 Å². The highest BCUT2D eigenvalue weighted by molar-refractivity contribution is 9.09. The molecule has 0 aromatic rings. The molecule has 56 valence electrons. The van der Waals surface area contributed by atoms with Crippen LogP contribution in [-0.2, 0) is 0 Å². The van der Waals surface area contributed by atoms with Crippen molar-refractivity contribution in [2.24, 2.45) is 17.3 Å².